The third kappa shape index (κ3) is 3.98. The number of thioether (sulfide) groups is 1. The summed E-state index contributed by atoms with van der Waals surface area (Å²) in [5.74, 6) is 6.83. The van der Waals surface area contributed by atoms with E-state index in [0.717, 1.165) is 11.3 Å². The Balaban J connectivity index is 1.97. The van der Waals surface area contributed by atoms with E-state index in [4.69, 9.17) is 5.84 Å². The summed E-state index contributed by atoms with van der Waals surface area (Å²) < 4.78 is 1.43. The summed E-state index contributed by atoms with van der Waals surface area (Å²) in [5.41, 5.74) is -0.198. The summed E-state index contributed by atoms with van der Waals surface area (Å²) in [6.45, 7) is 6.03. The number of nitrogen functional groups attached to an aromatic ring is 1. The third-order valence-corrected chi connectivity index (χ3v) is 4.91. The lowest BCUT2D eigenvalue weighted by Crippen LogP contribution is -2.43. The van der Waals surface area contributed by atoms with Gasteiger partial charge in [0, 0.05) is 5.54 Å². The maximum atomic E-state index is 11.9. The molecule has 2 aromatic rings. The second kappa shape index (κ2) is 6.48. The van der Waals surface area contributed by atoms with Crippen molar-refractivity contribution in [2.75, 3.05) is 11.6 Å². The number of hydrogen-bond acceptors (Lipinski definition) is 6. The van der Waals surface area contributed by atoms with Gasteiger partial charge in [-0.3, -0.25) is 4.79 Å². The average Bonchev–Trinajstić information content (AvgIpc) is 3.05. The maximum absolute atomic E-state index is 11.9. The standard InChI is InChI=1S/C13H19N5OS2/c1-4-13(2,3)15-10(19)8-21-12-17-16-11(18(12)14)9-6-5-7-20-9/h5-7H,4,8,14H2,1-3H3,(H,15,19). The molecule has 2 rings (SSSR count). The topological polar surface area (TPSA) is 85.8 Å². The predicted octanol–water partition coefficient (Wildman–Crippen LogP) is 2.12. The highest BCUT2D eigenvalue weighted by Gasteiger charge is 2.19. The first kappa shape index (κ1) is 15.8. The highest BCUT2D eigenvalue weighted by molar-refractivity contribution is 7.99. The molecule has 2 aromatic heterocycles. The van der Waals surface area contributed by atoms with Gasteiger partial charge in [-0.25, -0.2) is 4.68 Å². The number of aromatic nitrogens is 3. The van der Waals surface area contributed by atoms with Crippen LogP contribution < -0.4 is 11.2 Å². The predicted molar refractivity (Wildman–Crippen MR) is 86.7 cm³/mol. The molecule has 0 aliphatic carbocycles. The van der Waals surface area contributed by atoms with E-state index < -0.39 is 0 Å². The summed E-state index contributed by atoms with van der Waals surface area (Å²) >= 11 is 2.83. The Bertz CT molecular complexity index is 606. The van der Waals surface area contributed by atoms with Gasteiger partial charge in [0.15, 0.2) is 5.82 Å². The van der Waals surface area contributed by atoms with Crippen LogP contribution in [-0.4, -0.2) is 32.1 Å². The summed E-state index contributed by atoms with van der Waals surface area (Å²) in [5, 5.41) is 13.6. The molecule has 0 atom stereocenters. The van der Waals surface area contributed by atoms with E-state index >= 15 is 0 Å². The molecule has 0 unspecified atom stereocenters. The van der Waals surface area contributed by atoms with E-state index in [1.807, 2.05) is 38.3 Å². The van der Waals surface area contributed by atoms with Crippen LogP contribution in [0.5, 0.6) is 0 Å². The van der Waals surface area contributed by atoms with Crippen molar-refractivity contribution >= 4 is 29.0 Å². The Hall–Kier alpha value is -1.54. The lowest BCUT2D eigenvalue weighted by Gasteiger charge is -2.24. The fraction of sp³-hybridized carbons (Fsp3) is 0.462. The quantitative estimate of drug-likeness (QED) is 0.627. The lowest BCUT2D eigenvalue weighted by atomic mass is 10.0. The molecule has 0 fully saturated rings. The second-order valence-electron chi connectivity index (χ2n) is 5.23. The molecule has 6 nitrogen and oxygen atoms in total. The minimum Gasteiger partial charge on any atom is -0.351 e. The summed E-state index contributed by atoms with van der Waals surface area (Å²) in [4.78, 5) is 12.9. The molecular formula is C13H19N5OS2. The Morgan fingerprint density at radius 1 is 1.52 bits per heavy atom. The second-order valence-corrected chi connectivity index (χ2v) is 7.12. The van der Waals surface area contributed by atoms with E-state index in [1.165, 1.54) is 16.4 Å². The summed E-state index contributed by atoms with van der Waals surface area (Å²) in [6.07, 6.45) is 0.874. The Kier molecular flexibility index (Phi) is 4.89. The first-order valence-corrected chi connectivity index (χ1v) is 8.47. The van der Waals surface area contributed by atoms with Gasteiger partial charge in [0.05, 0.1) is 10.6 Å². The zero-order valence-corrected chi connectivity index (χ0v) is 13.9. The van der Waals surface area contributed by atoms with E-state index in [9.17, 15) is 4.79 Å². The number of carbonyl (C=O) groups excluding carboxylic acids is 1. The Morgan fingerprint density at radius 2 is 2.29 bits per heavy atom. The maximum Gasteiger partial charge on any atom is 0.230 e. The van der Waals surface area contributed by atoms with Gasteiger partial charge in [-0.05, 0) is 31.7 Å². The molecule has 1 amide bonds. The molecule has 3 N–H and O–H groups in total. The number of nitrogens with one attached hydrogen (secondary N) is 1. The molecule has 2 heterocycles. The zero-order valence-electron chi connectivity index (χ0n) is 12.3. The van der Waals surface area contributed by atoms with Crippen molar-refractivity contribution in [3.8, 4) is 10.7 Å². The van der Waals surface area contributed by atoms with Crippen LogP contribution in [0.15, 0.2) is 22.7 Å². The molecule has 0 saturated heterocycles. The fourth-order valence-electron chi connectivity index (χ4n) is 1.58. The van der Waals surface area contributed by atoms with E-state index in [1.54, 1.807) is 11.3 Å². The van der Waals surface area contributed by atoms with Crippen LogP contribution in [0.1, 0.15) is 27.2 Å². The van der Waals surface area contributed by atoms with Gasteiger partial charge >= 0.3 is 0 Å². The van der Waals surface area contributed by atoms with E-state index in [-0.39, 0.29) is 17.2 Å². The normalized spacial score (nSPS) is 11.6. The number of amides is 1. The zero-order chi connectivity index (χ0) is 15.5. The highest BCUT2D eigenvalue weighted by Crippen LogP contribution is 2.25. The number of carbonyl (C=O) groups is 1. The average molecular weight is 325 g/mol. The molecule has 0 aliphatic heterocycles. The number of rotatable bonds is 6. The molecule has 8 heteroatoms. The minimum atomic E-state index is -0.198. The lowest BCUT2D eigenvalue weighted by molar-refractivity contribution is -0.120. The van der Waals surface area contributed by atoms with E-state index in [2.05, 4.69) is 15.5 Å². The van der Waals surface area contributed by atoms with Crippen molar-refractivity contribution < 1.29 is 4.79 Å². The number of nitrogens with two attached hydrogens (primary N) is 1. The Labute approximate surface area is 132 Å². The van der Waals surface area contributed by atoms with Crippen LogP contribution in [0.3, 0.4) is 0 Å². The summed E-state index contributed by atoms with van der Waals surface area (Å²) in [7, 11) is 0. The Morgan fingerprint density at radius 3 is 2.90 bits per heavy atom. The molecule has 0 aliphatic rings. The van der Waals surface area contributed by atoms with Crippen molar-refractivity contribution in [1.82, 2.24) is 20.2 Å². The van der Waals surface area contributed by atoms with Gasteiger partial charge in [-0.2, -0.15) is 0 Å². The van der Waals surface area contributed by atoms with Crippen molar-refractivity contribution in [1.29, 1.82) is 0 Å². The van der Waals surface area contributed by atoms with Crippen molar-refractivity contribution in [3.63, 3.8) is 0 Å². The van der Waals surface area contributed by atoms with Crippen LogP contribution in [0.4, 0.5) is 0 Å². The highest BCUT2D eigenvalue weighted by atomic mass is 32.2. The smallest absolute Gasteiger partial charge is 0.230 e. The van der Waals surface area contributed by atoms with E-state index in [0.29, 0.717) is 11.0 Å². The SMILES string of the molecule is CCC(C)(C)NC(=O)CSc1nnc(-c2cccs2)n1N. The number of nitrogens with zero attached hydrogens (tertiary/aromatic N) is 3. The largest absolute Gasteiger partial charge is 0.351 e. The van der Waals surface area contributed by atoms with Gasteiger partial charge in [-0.15, -0.1) is 21.5 Å². The van der Waals surface area contributed by atoms with Gasteiger partial charge in [0.2, 0.25) is 11.1 Å². The van der Waals surface area contributed by atoms with Gasteiger partial charge < -0.3 is 11.2 Å². The van der Waals surface area contributed by atoms with Gasteiger partial charge in [0.1, 0.15) is 0 Å². The third-order valence-electron chi connectivity index (χ3n) is 3.10. The minimum absolute atomic E-state index is 0.0347. The first-order valence-electron chi connectivity index (χ1n) is 6.61. The number of thiophene rings is 1. The summed E-state index contributed by atoms with van der Waals surface area (Å²) in [6, 6.07) is 3.87. The van der Waals surface area contributed by atoms with Crippen LogP contribution >= 0.6 is 23.1 Å². The molecule has 114 valence electrons. The molecule has 0 bridgehead atoms. The fourth-order valence-corrected chi connectivity index (χ4v) is 2.94. The molecular weight excluding hydrogens is 306 g/mol. The number of hydrogen-bond donors (Lipinski definition) is 2. The molecule has 21 heavy (non-hydrogen) atoms. The van der Waals surface area contributed by atoms with Crippen LogP contribution in [0, 0.1) is 0 Å². The van der Waals surface area contributed by atoms with Gasteiger partial charge in [0.25, 0.3) is 0 Å². The van der Waals surface area contributed by atoms with Crippen LogP contribution in [-0.2, 0) is 4.79 Å². The first-order chi connectivity index (χ1) is 9.93. The molecule has 0 radical (unpaired) electrons. The van der Waals surface area contributed by atoms with Crippen LogP contribution in [0.25, 0.3) is 10.7 Å². The van der Waals surface area contributed by atoms with Crippen molar-refractivity contribution in [2.24, 2.45) is 0 Å². The molecule has 0 spiro atoms. The van der Waals surface area contributed by atoms with Crippen molar-refractivity contribution in [2.45, 2.75) is 37.9 Å². The molecule has 0 aromatic carbocycles. The van der Waals surface area contributed by atoms with Crippen molar-refractivity contribution in [3.05, 3.63) is 17.5 Å². The molecule has 0 saturated carbocycles. The van der Waals surface area contributed by atoms with Gasteiger partial charge in [-0.1, -0.05) is 24.8 Å². The van der Waals surface area contributed by atoms with Crippen LogP contribution in [0.2, 0.25) is 0 Å². The monoisotopic (exact) mass is 325 g/mol.